The Kier molecular flexibility index (Phi) is 2.87. The number of carbonyl (C=O) groups is 2. The Morgan fingerprint density at radius 3 is 2.85 bits per heavy atom. The highest BCUT2D eigenvalue weighted by atomic mass is 16.5. The second-order valence-electron chi connectivity index (χ2n) is 3.18. The summed E-state index contributed by atoms with van der Waals surface area (Å²) in [5, 5.41) is 8.55. The van der Waals surface area contributed by atoms with Crippen molar-refractivity contribution in [3.8, 4) is 0 Å². The van der Waals surface area contributed by atoms with Crippen molar-refractivity contribution >= 4 is 11.9 Å². The van der Waals surface area contributed by atoms with Crippen LogP contribution in [-0.4, -0.2) is 47.2 Å². The lowest BCUT2D eigenvalue weighted by Crippen LogP contribution is -2.53. The minimum atomic E-state index is -0.991. The zero-order valence-electron chi connectivity index (χ0n) is 7.69. The molecular formula is C8H13NO4. The van der Waals surface area contributed by atoms with Crippen LogP contribution < -0.4 is 0 Å². The van der Waals surface area contributed by atoms with E-state index in [1.165, 1.54) is 4.90 Å². The Labute approximate surface area is 76.3 Å². The lowest BCUT2D eigenvalue weighted by atomic mass is 10.2. The van der Waals surface area contributed by atoms with Crippen LogP contribution in [0.1, 0.15) is 13.8 Å². The van der Waals surface area contributed by atoms with Crippen LogP contribution in [0.5, 0.6) is 0 Å². The fraction of sp³-hybridized carbons (Fsp3) is 0.750. The molecule has 1 rings (SSSR count). The number of aliphatic carboxylic acids is 1. The predicted octanol–water partition coefficient (Wildman–Crippen LogP) is -0.293. The Balaban J connectivity index is 2.66. The Morgan fingerprint density at radius 2 is 2.31 bits per heavy atom. The van der Waals surface area contributed by atoms with Gasteiger partial charge in [0.25, 0.3) is 5.91 Å². The van der Waals surface area contributed by atoms with Gasteiger partial charge in [-0.3, -0.25) is 9.59 Å². The first-order valence-corrected chi connectivity index (χ1v) is 4.16. The molecule has 1 aliphatic heterocycles. The van der Waals surface area contributed by atoms with E-state index >= 15 is 0 Å². The fourth-order valence-electron chi connectivity index (χ4n) is 1.28. The standard InChI is InChI=1S/C8H13NO4/c1-5-4-13-6(2)8(12)9(5)3-7(10)11/h5-6H,3-4H2,1-2H3,(H,10,11)/t5-,6-/m1/s1. The summed E-state index contributed by atoms with van der Waals surface area (Å²) in [5.74, 6) is -1.24. The van der Waals surface area contributed by atoms with Gasteiger partial charge < -0.3 is 14.7 Å². The predicted molar refractivity (Wildman–Crippen MR) is 44.2 cm³/mol. The molecule has 1 saturated heterocycles. The van der Waals surface area contributed by atoms with Crippen molar-refractivity contribution in [3.63, 3.8) is 0 Å². The van der Waals surface area contributed by atoms with Gasteiger partial charge in [-0.1, -0.05) is 0 Å². The van der Waals surface area contributed by atoms with Crippen molar-refractivity contribution in [2.24, 2.45) is 0 Å². The van der Waals surface area contributed by atoms with Gasteiger partial charge in [-0.2, -0.15) is 0 Å². The number of carboxylic acid groups (broad SMARTS) is 1. The molecule has 2 atom stereocenters. The van der Waals surface area contributed by atoms with Crippen LogP contribution in [-0.2, 0) is 14.3 Å². The summed E-state index contributed by atoms with van der Waals surface area (Å²) in [6.45, 7) is 3.56. The monoisotopic (exact) mass is 187 g/mol. The minimum absolute atomic E-state index is 0.153. The summed E-state index contributed by atoms with van der Waals surface area (Å²) >= 11 is 0. The number of carbonyl (C=O) groups excluding carboxylic acids is 1. The average molecular weight is 187 g/mol. The Bertz CT molecular complexity index is 228. The van der Waals surface area contributed by atoms with Gasteiger partial charge in [0, 0.05) is 0 Å². The number of morpholine rings is 1. The Morgan fingerprint density at radius 1 is 1.69 bits per heavy atom. The van der Waals surface area contributed by atoms with E-state index in [-0.39, 0.29) is 18.5 Å². The van der Waals surface area contributed by atoms with Gasteiger partial charge in [-0.05, 0) is 13.8 Å². The molecule has 0 bridgehead atoms. The molecule has 1 amide bonds. The summed E-state index contributed by atoms with van der Waals surface area (Å²) in [4.78, 5) is 23.2. The topological polar surface area (TPSA) is 66.8 Å². The molecule has 1 fully saturated rings. The molecule has 5 heteroatoms. The van der Waals surface area contributed by atoms with Crippen molar-refractivity contribution < 1.29 is 19.4 Å². The summed E-state index contributed by atoms with van der Waals surface area (Å²) in [5.41, 5.74) is 0. The van der Waals surface area contributed by atoms with Crippen LogP contribution in [0.2, 0.25) is 0 Å². The molecule has 0 radical (unpaired) electrons. The van der Waals surface area contributed by atoms with Gasteiger partial charge in [0.05, 0.1) is 12.6 Å². The van der Waals surface area contributed by atoms with E-state index < -0.39 is 12.1 Å². The Hall–Kier alpha value is -1.10. The van der Waals surface area contributed by atoms with E-state index in [0.29, 0.717) is 6.61 Å². The first kappa shape index (κ1) is 9.98. The number of hydrogen-bond donors (Lipinski definition) is 1. The molecule has 0 spiro atoms. The van der Waals surface area contributed by atoms with E-state index in [2.05, 4.69) is 0 Å². The summed E-state index contributed by atoms with van der Waals surface area (Å²) in [6.07, 6.45) is -0.518. The number of carboxylic acids is 1. The molecule has 1 N–H and O–H groups in total. The van der Waals surface area contributed by atoms with E-state index in [0.717, 1.165) is 0 Å². The maximum atomic E-state index is 11.4. The summed E-state index contributed by atoms with van der Waals surface area (Å²) in [6, 6.07) is -0.153. The fourth-order valence-corrected chi connectivity index (χ4v) is 1.28. The highest BCUT2D eigenvalue weighted by molar-refractivity contribution is 5.85. The molecule has 0 unspecified atom stereocenters. The van der Waals surface area contributed by atoms with Crippen LogP contribution >= 0.6 is 0 Å². The quantitative estimate of drug-likeness (QED) is 0.645. The number of hydrogen-bond acceptors (Lipinski definition) is 3. The van der Waals surface area contributed by atoms with Crippen molar-refractivity contribution in [3.05, 3.63) is 0 Å². The van der Waals surface area contributed by atoms with Gasteiger partial charge in [-0.25, -0.2) is 0 Å². The van der Waals surface area contributed by atoms with Crippen LogP contribution in [0.25, 0.3) is 0 Å². The number of ether oxygens (including phenoxy) is 1. The smallest absolute Gasteiger partial charge is 0.323 e. The van der Waals surface area contributed by atoms with E-state index in [4.69, 9.17) is 9.84 Å². The maximum Gasteiger partial charge on any atom is 0.323 e. The molecule has 5 nitrogen and oxygen atoms in total. The first-order chi connectivity index (χ1) is 6.02. The zero-order chi connectivity index (χ0) is 10.0. The molecule has 0 aliphatic carbocycles. The van der Waals surface area contributed by atoms with Crippen molar-refractivity contribution in [1.82, 2.24) is 4.90 Å². The van der Waals surface area contributed by atoms with Gasteiger partial charge in [0.2, 0.25) is 0 Å². The van der Waals surface area contributed by atoms with Gasteiger partial charge in [0.15, 0.2) is 0 Å². The highest BCUT2D eigenvalue weighted by Gasteiger charge is 2.32. The first-order valence-electron chi connectivity index (χ1n) is 4.16. The molecule has 0 aromatic rings. The molecular weight excluding hydrogens is 174 g/mol. The van der Waals surface area contributed by atoms with Gasteiger partial charge in [0.1, 0.15) is 12.6 Å². The maximum absolute atomic E-state index is 11.4. The van der Waals surface area contributed by atoms with Crippen LogP contribution in [0.4, 0.5) is 0 Å². The molecule has 1 heterocycles. The third-order valence-corrected chi connectivity index (χ3v) is 2.06. The zero-order valence-corrected chi connectivity index (χ0v) is 7.69. The van der Waals surface area contributed by atoms with Crippen LogP contribution in [0, 0.1) is 0 Å². The van der Waals surface area contributed by atoms with Crippen molar-refractivity contribution in [1.29, 1.82) is 0 Å². The highest BCUT2D eigenvalue weighted by Crippen LogP contribution is 2.12. The number of nitrogens with zero attached hydrogens (tertiary/aromatic N) is 1. The average Bonchev–Trinajstić information content (AvgIpc) is 2.05. The SMILES string of the molecule is C[C@@H]1CO[C@H](C)C(=O)N1CC(=O)O. The molecule has 0 aromatic heterocycles. The lowest BCUT2D eigenvalue weighted by molar-refractivity contribution is -0.162. The van der Waals surface area contributed by atoms with Gasteiger partial charge >= 0.3 is 5.97 Å². The second kappa shape index (κ2) is 3.74. The molecule has 0 saturated carbocycles. The van der Waals surface area contributed by atoms with E-state index in [1.54, 1.807) is 13.8 Å². The number of amides is 1. The van der Waals surface area contributed by atoms with Crippen molar-refractivity contribution in [2.75, 3.05) is 13.2 Å². The normalized spacial score (nSPS) is 29.1. The van der Waals surface area contributed by atoms with E-state index in [1.807, 2.05) is 0 Å². The third-order valence-electron chi connectivity index (χ3n) is 2.06. The van der Waals surface area contributed by atoms with Crippen LogP contribution in [0.3, 0.4) is 0 Å². The summed E-state index contributed by atoms with van der Waals surface area (Å²) in [7, 11) is 0. The minimum Gasteiger partial charge on any atom is -0.480 e. The third kappa shape index (κ3) is 2.18. The second-order valence-corrected chi connectivity index (χ2v) is 3.18. The van der Waals surface area contributed by atoms with Crippen LogP contribution in [0.15, 0.2) is 0 Å². The van der Waals surface area contributed by atoms with Gasteiger partial charge in [-0.15, -0.1) is 0 Å². The summed E-state index contributed by atoms with van der Waals surface area (Å²) < 4.78 is 5.13. The molecule has 1 aliphatic rings. The lowest BCUT2D eigenvalue weighted by Gasteiger charge is -2.35. The molecule has 0 aromatic carbocycles. The molecule has 74 valence electrons. The van der Waals surface area contributed by atoms with E-state index in [9.17, 15) is 9.59 Å². The largest absolute Gasteiger partial charge is 0.480 e. The van der Waals surface area contributed by atoms with Crippen molar-refractivity contribution in [2.45, 2.75) is 26.0 Å². The molecule has 13 heavy (non-hydrogen) atoms. The number of rotatable bonds is 2.